The Morgan fingerprint density at radius 1 is 1.53 bits per heavy atom. The molecule has 100 valence electrons. The van der Waals surface area contributed by atoms with Crippen molar-refractivity contribution in [1.82, 2.24) is 15.0 Å². The summed E-state index contributed by atoms with van der Waals surface area (Å²) in [6, 6.07) is 4.86. The van der Waals surface area contributed by atoms with E-state index in [1.807, 2.05) is 0 Å². The van der Waals surface area contributed by atoms with Crippen molar-refractivity contribution in [2.75, 3.05) is 13.2 Å². The Morgan fingerprint density at radius 3 is 3.05 bits per heavy atom. The van der Waals surface area contributed by atoms with E-state index in [1.165, 1.54) is 0 Å². The van der Waals surface area contributed by atoms with Gasteiger partial charge in [-0.2, -0.15) is 0 Å². The number of aromatic carboxylic acids is 1. The topological polar surface area (TPSA) is 77.2 Å². The maximum absolute atomic E-state index is 11.1. The van der Waals surface area contributed by atoms with Gasteiger partial charge in [0.25, 0.3) is 0 Å². The molecule has 6 nitrogen and oxygen atoms in total. The van der Waals surface area contributed by atoms with Crippen LogP contribution in [0.5, 0.6) is 0 Å². The fraction of sp³-hybridized carbons (Fsp3) is 0.462. The molecule has 1 aromatic heterocycles. The average molecular weight is 261 g/mol. The van der Waals surface area contributed by atoms with Crippen LogP contribution in [0.4, 0.5) is 0 Å². The van der Waals surface area contributed by atoms with Crippen LogP contribution in [-0.2, 0) is 10.3 Å². The van der Waals surface area contributed by atoms with Gasteiger partial charge in [-0.1, -0.05) is 5.21 Å². The van der Waals surface area contributed by atoms with Crippen LogP contribution >= 0.6 is 0 Å². The van der Waals surface area contributed by atoms with Crippen LogP contribution in [0.3, 0.4) is 0 Å². The van der Waals surface area contributed by atoms with Crippen molar-refractivity contribution in [1.29, 1.82) is 0 Å². The molecule has 1 atom stereocenters. The summed E-state index contributed by atoms with van der Waals surface area (Å²) in [6.45, 7) is 3.40. The van der Waals surface area contributed by atoms with Gasteiger partial charge in [0.2, 0.25) is 0 Å². The first-order valence-corrected chi connectivity index (χ1v) is 6.27. The molecule has 0 spiro atoms. The fourth-order valence-electron chi connectivity index (χ4n) is 2.54. The zero-order valence-corrected chi connectivity index (χ0v) is 10.7. The summed E-state index contributed by atoms with van der Waals surface area (Å²) >= 11 is 0. The van der Waals surface area contributed by atoms with Crippen molar-refractivity contribution < 1.29 is 14.6 Å². The molecule has 0 radical (unpaired) electrons. The molecular weight excluding hydrogens is 246 g/mol. The fourth-order valence-corrected chi connectivity index (χ4v) is 2.54. The molecule has 3 rings (SSSR count). The van der Waals surface area contributed by atoms with Gasteiger partial charge < -0.3 is 9.84 Å². The van der Waals surface area contributed by atoms with Crippen LogP contribution in [0, 0.1) is 0 Å². The second kappa shape index (κ2) is 4.31. The third-order valence-corrected chi connectivity index (χ3v) is 3.62. The first-order valence-electron chi connectivity index (χ1n) is 6.27. The lowest BCUT2D eigenvalue weighted by Crippen LogP contribution is -2.39. The summed E-state index contributed by atoms with van der Waals surface area (Å²) in [5.74, 6) is -0.945. The molecule has 1 fully saturated rings. The SMILES string of the molecule is CC1(n2nnc3ccc(C(=O)O)cc32)CCCOC1. The van der Waals surface area contributed by atoms with E-state index in [-0.39, 0.29) is 11.1 Å². The molecule has 0 aliphatic carbocycles. The minimum absolute atomic E-state index is 0.247. The van der Waals surface area contributed by atoms with Crippen molar-refractivity contribution >= 4 is 17.0 Å². The van der Waals surface area contributed by atoms with E-state index in [0.29, 0.717) is 12.1 Å². The summed E-state index contributed by atoms with van der Waals surface area (Å²) in [5, 5.41) is 17.4. The first-order chi connectivity index (χ1) is 9.10. The smallest absolute Gasteiger partial charge is 0.335 e. The van der Waals surface area contributed by atoms with E-state index >= 15 is 0 Å². The zero-order valence-electron chi connectivity index (χ0n) is 10.7. The van der Waals surface area contributed by atoms with E-state index in [4.69, 9.17) is 9.84 Å². The molecule has 0 amide bonds. The molecule has 1 N–H and O–H groups in total. The van der Waals surface area contributed by atoms with Crippen LogP contribution < -0.4 is 0 Å². The lowest BCUT2D eigenvalue weighted by Gasteiger charge is -2.33. The van der Waals surface area contributed by atoms with Crippen molar-refractivity contribution in [3.8, 4) is 0 Å². The Labute approximate surface area is 110 Å². The Kier molecular flexibility index (Phi) is 2.74. The van der Waals surface area contributed by atoms with E-state index in [0.717, 1.165) is 25.0 Å². The highest BCUT2D eigenvalue weighted by atomic mass is 16.5. The van der Waals surface area contributed by atoms with Crippen molar-refractivity contribution in [2.45, 2.75) is 25.3 Å². The maximum Gasteiger partial charge on any atom is 0.335 e. The molecule has 1 aliphatic rings. The van der Waals surface area contributed by atoms with E-state index in [9.17, 15) is 4.79 Å². The van der Waals surface area contributed by atoms with E-state index < -0.39 is 5.97 Å². The van der Waals surface area contributed by atoms with Crippen molar-refractivity contribution in [2.24, 2.45) is 0 Å². The molecule has 1 unspecified atom stereocenters. The lowest BCUT2D eigenvalue weighted by atomic mass is 9.95. The number of rotatable bonds is 2. The first kappa shape index (κ1) is 12.1. The molecule has 0 bridgehead atoms. The number of nitrogens with zero attached hydrogens (tertiary/aromatic N) is 3. The third kappa shape index (κ3) is 1.98. The van der Waals surface area contributed by atoms with Gasteiger partial charge in [-0.05, 0) is 38.0 Å². The lowest BCUT2D eigenvalue weighted by molar-refractivity contribution is 0.00483. The predicted octanol–water partition coefficient (Wildman–Crippen LogP) is 1.66. The van der Waals surface area contributed by atoms with E-state index in [2.05, 4.69) is 17.2 Å². The second-order valence-corrected chi connectivity index (χ2v) is 5.16. The van der Waals surface area contributed by atoms with Crippen LogP contribution in [0.2, 0.25) is 0 Å². The molecule has 1 aliphatic heterocycles. The van der Waals surface area contributed by atoms with E-state index in [1.54, 1.807) is 22.9 Å². The highest BCUT2D eigenvalue weighted by molar-refractivity contribution is 5.92. The predicted molar refractivity (Wildman–Crippen MR) is 68.2 cm³/mol. The normalized spacial score (nSPS) is 23.6. The van der Waals surface area contributed by atoms with Gasteiger partial charge >= 0.3 is 5.97 Å². The number of benzene rings is 1. The zero-order chi connectivity index (χ0) is 13.5. The van der Waals surface area contributed by atoms with Gasteiger partial charge in [0.1, 0.15) is 5.52 Å². The molecule has 19 heavy (non-hydrogen) atoms. The Bertz CT molecular complexity index is 629. The standard InChI is InChI=1S/C13H15N3O3/c1-13(5-2-6-19-8-13)16-11-7-9(12(17)18)3-4-10(11)14-15-16/h3-4,7H,2,5-6,8H2,1H3,(H,17,18). The van der Waals surface area contributed by atoms with Gasteiger partial charge in [-0.15, -0.1) is 5.10 Å². The maximum atomic E-state index is 11.1. The summed E-state index contributed by atoms with van der Waals surface area (Å²) < 4.78 is 7.33. The number of hydrogen-bond acceptors (Lipinski definition) is 4. The minimum atomic E-state index is -0.945. The third-order valence-electron chi connectivity index (χ3n) is 3.62. The molecule has 1 saturated heterocycles. The number of ether oxygens (including phenoxy) is 1. The number of hydrogen-bond donors (Lipinski definition) is 1. The molecule has 1 aromatic carbocycles. The number of carbonyl (C=O) groups is 1. The van der Waals surface area contributed by atoms with Crippen LogP contribution in [0.15, 0.2) is 18.2 Å². The Balaban J connectivity index is 2.12. The van der Waals surface area contributed by atoms with Crippen molar-refractivity contribution in [3.05, 3.63) is 23.8 Å². The molecule has 0 saturated carbocycles. The molecular formula is C13H15N3O3. The van der Waals surface area contributed by atoms with Crippen LogP contribution in [0.25, 0.3) is 11.0 Å². The average Bonchev–Trinajstić information content (AvgIpc) is 2.83. The quantitative estimate of drug-likeness (QED) is 0.889. The minimum Gasteiger partial charge on any atom is -0.478 e. The second-order valence-electron chi connectivity index (χ2n) is 5.16. The summed E-state index contributed by atoms with van der Waals surface area (Å²) in [5.41, 5.74) is 1.44. The Hall–Kier alpha value is -1.95. The van der Waals surface area contributed by atoms with Crippen molar-refractivity contribution in [3.63, 3.8) is 0 Å². The van der Waals surface area contributed by atoms with Gasteiger partial charge in [-0.3, -0.25) is 0 Å². The summed E-state index contributed by atoms with van der Waals surface area (Å²) in [7, 11) is 0. The number of aromatic nitrogens is 3. The highest BCUT2D eigenvalue weighted by Gasteiger charge is 2.32. The molecule has 2 heterocycles. The number of fused-ring (bicyclic) bond motifs is 1. The van der Waals surface area contributed by atoms with Crippen LogP contribution in [-0.4, -0.2) is 39.3 Å². The molecule has 6 heteroatoms. The van der Waals surface area contributed by atoms with Gasteiger partial charge in [-0.25, -0.2) is 9.48 Å². The highest BCUT2D eigenvalue weighted by Crippen LogP contribution is 2.29. The number of carboxylic acids is 1. The van der Waals surface area contributed by atoms with Gasteiger partial charge in [0.15, 0.2) is 0 Å². The number of carboxylic acid groups (broad SMARTS) is 1. The summed E-state index contributed by atoms with van der Waals surface area (Å²) in [6.07, 6.45) is 1.92. The summed E-state index contributed by atoms with van der Waals surface area (Å²) in [4.78, 5) is 11.1. The van der Waals surface area contributed by atoms with Crippen LogP contribution in [0.1, 0.15) is 30.1 Å². The Morgan fingerprint density at radius 2 is 2.37 bits per heavy atom. The van der Waals surface area contributed by atoms with Gasteiger partial charge in [0.05, 0.1) is 23.2 Å². The molecule has 2 aromatic rings. The van der Waals surface area contributed by atoms with Gasteiger partial charge in [0, 0.05) is 6.61 Å². The largest absolute Gasteiger partial charge is 0.478 e. The monoisotopic (exact) mass is 261 g/mol.